The number of methoxy groups -OCH3 is 1. The third-order valence-electron chi connectivity index (χ3n) is 5.97. The summed E-state index contributed by atoms with van der Waals surface area (Å²) in [6.45, 7) is 2.96. The van der Waals surface area contributed by atoms with Gasteiger partial charge in [-0.2, -0.15) is 0 Å². The summed E-state index contributed by atoms with van der Waals surface area (Å²) in [5.41, 5.74) is 3.63. The van der Waals surface area contributed by atoms with Gasteiger partial charge in [-0.1, -0.05) is 24.3 Å². The van der Waals surface area contributed by atoms with Crippen molar-refractivity contribution in [3.8, 4) is 16.2 Å². The van der Waals surface area contributed by atoms with Gasteiger partial charge in [0.25, 0.3) is 5.91 Å². The largest absolute Gasteiger partial charge is 0.497 e. The lowest BCUT2D eigenvalue weighted by Gasteiger charge is -2.32. The van der Waals surface area contributed by atoms with Crippen molar-refractivity contribution in [3.63, 3.8) is 0 Å². The topological polar surface area (TPSA) is 44.8 Å². The lowest BCUT2D eigenvalue weighted by atomic mass is 10.0. The van der Waals surface area contributed by atoms with Crippen molar-refractivity contribution >= 4 is 22.9 Å². The first-order chi connectivity index (χ1) is 15.5. The Labute approximate surface area is 194 Å². The number of hydrogen-bond acceptors (Lipinski definition) is 5. The Balaban J connectivity index is 1.28. The molecule has 2 heterocycles. The summed E-state index contributed by atoms with van der Waals surface area (Å²) in [4.78, 5) is 19.2. The van der Waals surface area contributed by atoms with E-state index in [2.05, 4.69) is 53.5 Å². The normalized spacial score (nSPS) is 14.8. The molecule has 0 saturated carbocycles. The van der Waals surface area contributed by atoms with E-state index < -0.39 is 0 Å². The molecule has 32 heavy (non-hydrogen) atoms. The van der Waals surface area contributed by atoms with Crippen LogP contribution in [0.5, 0.6) is 5.75 Å². The van der Waals surface area contributed by atoms with Crippen molar-refractivity contribution in [2.45, 2.75) is 25.4 Å². The van der Waals surface area contributed by atoms with E-state index in [9.17, 15) is 4.79 Å². The Morgan fingerprint density at radius 2 is 1.84 bits per heavy atom. The molecule has 0 aliphatic carbocycles. The maximum Gasteiger partial charge on any atom is 0.261 e. The van der Waals surface area contributed by atoms with Crippen molar-refractivity contribution in [3.05, 3.63) is 71.1 Å². The maximum absolute atomic E-state index is 12.8. The molecular weight excluding hydrogens is 418 g/mol. The molecule has 6 heteroatoms. The molecule has 2 aromatic carbocycles. The number of nitrogens with zero attached hydrogens (tertiary/aromatic N) is 2. The summed E-state index contributed by atoms with van der Waals surface area (Å²) in [5.74, 6) is 0.851. The van der Waals surface area contributed by atoms with Gasteiger partial charge in [-0.15, -0.1) is 11.3 Å². The van der Waals surface area contributed by atoms with Crippen LogP contribution in [0.4, 0.5) is 5.69 Å². The zero-order valence-corrected chi connectivity index (χ0v) is 19.8. The van der Waals surface area contributed by atoms with E-state index in [0.717, 1.165) is 53.5 Å². The van der Waals surface area contributed by atoms with E-state index in [0.29, 0.717) is 0 Å². The third-order valence-corrected chi connectivity index (χ3v) is 7.10. The number of benzene rings is 2. The summed E-state index contributed by atoms with van der Waals surface area (Å²) in [6, 6.07) is 20.9. The number of amides is 1. The van der Waals surface area contributed by atoms with Crippen molar-refractivity contribution < 1.29 is 9.53 Å². The Bertz CT molecular complexity index is 1040. The molecule has 1 aromatic heterocycles. The highest BCUT2D eigenvalue weighted by atomic mass is 32.1. The minimum atomic E-state index is 0.0295. The summed E-state index contributed by atoms with van der Waals surface area (Å²) in [6.07, 6.45) is 1.96. The van der Waals surface area contributed by atoms with Crippen LogP contribution in [0.25, 0.3) is 10.4 Å². The molecule has 0 spiro atoms. The van der Waals surface area contributed by atoms with Crippen LogP contribution >= 0.6 is 11.3 Å². The number of anilines is 1. The van der Waals surface area contributed by atoms with E-state index in [1.165, 1.54) is 22.6 Å². The molecule has 1 fully saturated rings. The lowest BCUT2D eigenvalue weighted by molar-refractivity contribution is 0.0913. The number of thiophene rings is 1. The average molecular weight is 450 g/mol. The van der Waals surface area contributed by atoms with Crippen molar-refractivity contribution in [2.24, 2.45) is 0 Å². The van der Waals surface area contributed by atoms with Crippen LogP contribution in [0.3, 0.4) is 0 Å². The fraction of sp³-hybridized carbons (Fsp3) is 0.346. The molecule has 0 atom stereocenters. The van der Waals surface area contributed by atoms with Crippen LogP contribution in [0, 0.1) is 0 Å². The highest BCUT2D eigenvalue weighted by molar-refractivity contribution is 7.17. The van der Waals surface area contributed by atoms with Gasteiger partial charge in [-0.05, 0) is 60.4 Å². The van der Waals surface area contributed by atoms with Crippen LogP contribution in [0.1, 0.15) is 28.1 Å². The second-order valence-corrected chi connectivity index (χ2v) is 9.56. The van der Waals surface area contributed by atoms with Crippen LogP contribution in [0.15, 0.2) is 60.7 Å². The first-order valence-corrected chi connectivity index (χ1v) is 11.9. The lowest BCUT2D eigenvalue weighted by Crippen LogP contribution is -2.44. The first kappa shape index (κ1) is 22.4. The minimum absolute atomic E-state index is 0.0295. The molecule has 0 radical (unpaired) electrons. The number of ether oxygens (including phenoxy) is 1. The number of likely N-dealkylation sites (tertiary alicyclic amines) is 1. The van der Waals surface area contributed by atoms with Gasteiger partial charge in [0.15, 0.2) is 0 Å². The number of carbonyl (C=O) groups excluding carboxylic acids is 1. The van der Waals surface area contributed by atoms with Gasteiger partial charge in [0.2, 0.25) is 0 Å². The van der Waals surface area contributed by atoms with Crippen LogP contribution < -0.4 is 15.0 Å². The highest BCUT2D eigenvalue weighted by Gasteiger charge is 2.22. The van der Waals surface area contributed by atoms with Crippen LogP contribution in [0.2, 0.25) is 0 Å². The van der Waals surface area contributed by atoms with Gasteiger partial charge < -0.3 is 15.0 Å². The number of piperidine rings is 1. The van der Waals surface area contributed by atoms with E-state index in [4.69, 9.17) is 4.74 Å². The second-order valence-electron chi connectivity index (χ2n) is 8.48. The second kappa shape index (κ2) is 10.2. The summed E-state index contributed by atoms with van der Waals surface area (Å²) in [5, 5.41) is 3.24. The maximum atomic E-state index is 12.8. The Kier molecular flexibility index (Phi) is 7.12. The zero-order chi connectivity index (χ0) is 22.5. The molecular formula is C26H31N3O2S. The van der Waals surface area contributed by atoms with E-state index in [-0.39, 0.29) is 11.9 Å². The molecule has 1 saturated heterocycles. The minimum Gasteiger partial charge on any atom is -0.497 e. The molecule has 5 nitrogen and oxygen atoms in total. The SMILES string of the molecule is COc1cccc(-c2ccc(C(=O)NC3CCN(Cc4ccc(N(C)C)cc4)CC3)s2)c1. The van der Waals surface area contributed by atoms with E-state index >= 15 is 0 Å². The van der Waals surface area contributed by atoms with Gasteiger partial charge in [0.1, 0.15) is 5.75 Å². The van der Waals surface area contributed by atoms with Crippen molar-refractivity contribution in [2.75, 3.05) is 39.2 Å². The molecule has 3 aromatic rings. The molecule has 4 rings (SSSR count). The van der Waals surface area contributed by atoms with E-state index in [1.807, 2.05) is 36.4 Å². The summed E-state index contributed by atoms with van der Waals surface area (Å²) >= 11 is 1.53. The number of rotatable bonds is 7. The highest BCUT2D eigenvalue weighted by Crippen LogP contribution is 2.30. The molecule has 1 aliphatic heterocycles. The van der Waals surface area contributed by atoms with Gasteiger partial charge in [0, 0.05) is 50.3 Å². The van der Waals surface area contributed by atoms with Gasteiger partial charge >= 0.3 is 0 Å². The molecule has 0 unspecified atom stereocenters. The fourth-order valence-corrected chi connectivity index (χ4v) is 4.95. The number of carbonyl (C=O) groups is 1. The molecule has 1 amide bonds. The van der Waals surface area contributed by atoms with Crippen molar-refractivity contribution in [1.29, 1.82) is 0 Å². The predicted molar refractivity (Wildman–Crippen MR) is 133 cm³/mol. The monoisotopic (exact) mass is 449 g/mol. The summed E-state index contributed by atoms with van der Waals surface area (Å²) < 4.78 is 5.31. The smallest absolute Gasteiger partial charge is 0.261 e. The van der Waals surface area contributed by atoms with Gasteiger partial charge in [0.05, 0.1) is 12.0 Å². The van der Waals surface area contributed by atoms with Crippen LogP contribution in [-0.4, -0.2) is 51.1 Å². The first-order valence-electron chi connectivity index (χ1n) is 11.1. The standard InChI is InChI=1S/C26H31N3O2S/c1-28(2)22-9-7-19(8-10-22)18-29-15-13-21(14-16-29)27-26(30)25-12-11-24(32-25)20-5-4-6-23(17-20)31-3/h4-12,17,21H,13-16,18H2,1-3H3,(H,27,30). The number of nitrogens with one attached hydrogen (secondary N) is 1. The predicted octanol–water partition coefficient (Wildman–Crippen LogP) is 4.88. The average Bonchev–Trinajstić information content (AvgIpc) is 3.31. The van der Waals surface area contributed by atoms with Gasteiger partial charge in [-0.25, -0.2) is 0 Å². The molecule has 1 N–H and O–H groups in total. The Morgan fingerprint density at radius 1 is 1.09 bits per heavy atom. The van der Waals surface area contributed by atoms with Crippen molar-refractivity contribution in [1.82, 2.24) is 10.2 Å². The Hall–Kier alpha value is -2.83. The third kappa shape index (κ3) is 5.50. The quantitative estimate of drug-likeness (QED) is 0.558. The Morgan fingerprint density at radius 3 is 2.53 bits per heavy atom. The summed E-state index contributed by atoms with van der Waals surface area (Å²) in [7, 11) is 5.78. The molecule has 0 bridgehead atoms. The van der Waals surface area contributed by atoms with Crippen LogP contribution in [-0.2, 0) is 6.54 Å². The van der Waals surface area contributed by atoms with Gasteiger partial charge in [-0.3, -0.25) is 9.69 Å². The molecule has 1 aliphatic rings. The van der Waals surface area contributed by atoms with E-state index in [1.54, 1.807) is 7.11 Å². The fourth-order valence-electron chi connectivity index (χ4n) is 4.04. The number of hydrogen-bond donors (Lipinski definition) is 1. The zero-order valence-electron chi connectivity index (χ0n) is 19.0. The molecule has 168 valence electrons.